The number of nitrogens with zero attached hydrogens (tertiary/aromatic N) is 4. The Hall–Kier alpha value is -2.71. The van der Waals surface area contributed by atoms with E-state index in [1.165, 1.54) is 29.8 Å². The number of aliphatic hydroxyl groups is 1. The van der Waals surface area contributed by atoms with Gasteiger partial charge in [0.25, 0.3) is 5.56 Å². The highest BCUT2D eigenvalue weighted by Crippen LogP contribution is 2.26. The van der Waals surface area contributed by atoms with Crippen molar-refractivity contribution in [1.82, 2.24) is 19.4 Å². The molecule has 3 heterocycles. The number of likely N-dealkylation sites (tertiary alicyclic amines) is 2. The molecule has 8 heteroatoms. The predicted molar refractivity (Wildman–Crippen MR) is 137 cm³/mol. The van der Waals surface area contributed by atoms with E-state index >= 15 is 0 Å². The predicted octanol–water partition coefficient (Wildman–Crippen LogP) is 2.69. The van der Waals surface area contributed by atoms with E-state index in [1.807, 2.05) is 35.2 Å². The molecule has 2 N–H and O–H groups in total. The van der Waals surface area contributed by atoms with E-state index in [9.17, 15) is 14.7 Å². The number of rotatable bonds is 9. The number of hydrogen-bond acceptors (Lipinski definition) is 6. The van der Waals surface area contributed by atoms with Crippen LogP contribution >= 0.6 is 0 Å². The zero-order valence-electron chi connectivity index (χ0n) is 21.0. The molecule has 2 aliphatic heterocycles. The van der Waals surface area contributed by atoms with Crippen molar-refractivity contribution in [3.63, 3.8) is 0 Å². The van der Waals surface area contributed by atoms with Gasteiger partial charge in [-0.1, -0.05) is 37.3 Å². The third kappa shape index (κ3) is 6.92. The minimum absolute atomic E-state index is 0.112. The zero-order valence-corrected chi connectivity index (χ0v) is 21.0. The van der Waals surface area contributed by atoms with Crippen molar-refractivity contribution in [3.05, 3.63) is 58.6 Å². The van der Waals surface area contributed by atoms with Crippen LogP contribution in [0.25, 0.3) is 0 Å². The van der Waals surface area contributed by atoms with Crippen LogP contribution in [0.1, 0.15) is 57.4 Å². The maximum absolute atomic E-state index is 12.8. The Labute approximate surface area is 208 Å². The Balaban J connectivity index is 1.27. The lowest BCUT2D eigenvalue weighted by Crippen LogP contribution is -2.49. The number of aromatic nitrogens is 2. The lowest BCUT2D eigenvalue weighted by Gasteiger charge is -2.38. The molecule has 4 rings (SSSR count). The van der Waals surface area contributed by atoms with E-state index in [0.717, 1.165) is 25.2 Å². The summed E-state index contributed by atoms with van der Waals surface area (Å²) in [5.74, 6) is 0.831. The van der Waals surface area contributed by atoms with Gasteiger partial charge in [0.2, 0.25) is 5.91 Å². The first-order valence-electron chi connectivity index (χ1n) is 12.9. The fourth-order valence-corrected chi connectivity index (χ4v) is 5.21. The second-order valence-corrected chi connectivity index (χ2v) is 10.4. The molecule has 2 aliphatic rings. The van der Waals surface area contributed by atoms with Crippen LogP contribution in [0.15, 0.2) is 47.5 Å². The van der Waals surface area contributed by atoms with Gasteiger partial charge in [0.1, 0.15) is 5.82 Å². The van der Waals surface area contributed by atoms with Gasteiger partial charge >= 0.3 is 0 Å². The van der Waals surface area contributed by atoms with Crippen molar-refractivity contribution in [2.75, 3.05) is 38.0 Å². The summed E-state index contributed by atoms with van der Waals surface area (Å²) < 4.78 is 1.48. The first kappa shape index (κ1) is 25.4. The van der Waals surface area contributed by atoms with Crippen LogP contribution in [-0.4, -0.2) is 74.7 Å². The summed E-state index contributed by atoms with van der Waals surface area (Å²) >= 11 is 0. The smallest absolute Gasteiger partial charge is 0.255 e. The molecule has 1 aromatic carbocycles. The lowest BCUT2D eigenvalue weighted by atomic mass is 9.90. The Bertz CT molecular complexity index is 1030. The lowest BCUT2D eigenvalue weighted by molar-refractivity contribution is -0.136. The monoisotopic (exact) mass is 481 g/mol. The zero-order chi connectivity index (χ0) is 24.8. The van der Waals surface area contributed by atoms with Gasteiger partial charge in [-0.2, -0.15) is 0 Å². The Morgan fingerprint density at radius 1 is 1.11 bits per heavy atom. The van der Waals surface area contributed by atoms with Crippen LogP contribution in [-0.2, 0) is 11.3 Å². The Morgan fingerprint density at radius 2 is 1.80 bits per heavy atom. The van der Waals surface area contributed by atoms with E-state index in [-0.39, 0.29) is 30.0 Å². The molecule has 2 fully saturated rings. The molecule has 0 saturated carbocycles. The van der Waals surface area contributed by atoms with Gasteiger partial charge in [-0.05, 0) is 57.2 Å². The van der Waals surface area contributed by atoms with Crippen LogP contribution in [0.3, 0.4) is 0 Å². The summed E-state index contributed by atoms with van der Waals surface area (Å²) in [6, 6.07) is 11.8. The fraction of sp³-hybridized carbons (Fsp3) is 0.593. The van der Waals surface area contributed by atoms with Crippen LogP contribution in [0.4, 0.5) is 5.82 Å². The van der Waals surface area contributed by atoms with Crippen LogP contribution in [0, 0.1) is 0 Å². The molecule has 35 heavy (non-hydrogen) atoms. The molecule has 0 bridgehead atoms. The van der Waals surface area contributed by atoms with Crippen LogP contribution in [0.2, 0.25) is 0 Å². The topological polar surface area (TPSA) is 90.7 Å². The highest BCUT2D eigenvalue weighted by atomic mass is 16.3. The highest BCUT2D eigenvalue weighted by Gasteiger charge is 2.35. The SMILES string of the molecule is C[C@H](CN1CCCC1)Nc1cc(=O)n(CC2(O)CCN(C(=O)C[C@@H](C)c3ccccc3)CC2)cn1. The minimum Gasteiger partial charge on any atom is -0.388 e. The van der Waals surface area contributed by atoms with Gasteiger partial charge in [0, 0.05) is 38.2 Å². The molecule has 0 spiro atoms. The van der Waals surface area contributed by atoms with E-state index in [2.05, 4.69) is 29.0 Å². The van der Waals surface area contributed by atoms with Crippen molar-refractivity contribution in [1.29, 1.82) is 0 Å². The third-order valence-corrected chi connectivity index (χ3v) is 7.37. The van der Waals surface area contributed by atoms with E-state index in [0.29, 0.717) is 38.2 Å². The Morgan fingerprint density at radius 3 is 2.46 bits per heavy atom. The number of benzene rings is 1. The van der Waals surface area contributed by atoms with Crippen molar-refractivity contribution >= 4 is 11.7 Å². The number of nitrogens with one attached hydrogen (secondary N) is 1. The van der Waals surface area contributed by atoms with Gasteiger partial charge in [-0.15, -0.1) is 0 Å². The second-order valence-electron chi connectivity index (χ2n) is 10.4. The quantitative estimate of drug-likeness (QED) is 0.572. The van der Waals surface area contributed by atoms with Crippen LogP contribution in [0.5, 0.6) is 0 Å². The van der Waals surface area contributed by atoms with Gasteiger partial charge in [-0.3, -0.25) is 14.2 Å². The standard InChI is InChI=1S/C27H39N5O3/c1-21(23-8-4-3-5-9-23)16-25(33)31-14-10-27(35,11-15-31)19-32-20-28-24(17-26(32)34)29-22(2)18-30-12-6-7-13-30/h3-5,8-9,17,20-22,29,35H,6-7,10-16,18-19H2,1-2H3/t21-,22-/m1/s1. The number of piperidine rings is 1. The molecular formula is C27H39N5O3. The number of amides is 1. The van der Waals surface area contributed by atoms with Gasteiger partial charge in [0.15, 0.2) is 0 Å². The molecule has 190 valence electrons. The van der Waals surface area contributed by atoms with Crippen molar-refractivity contribution in [3.8, 4) is 0 Å². The number of carbonyl (C=O) groups excluding carboxylic acids is 1. The molecular weight excluding hydrogens is 442 g/mol. The molecule has 2 aromatic rings. The molecule has 0 aliphatic carbocycles. The largest absolute Gasteiger partial charge is 0.388 e. The maximum atomic E-state index is 12.8. The number of hydrogen-bond donors (Lipinski definition) is 2. The molecule has 1 amide bonds. The summed E-state index contributed by atoms with van der Waals surface area (Å²) in [5.41, 5.74) is -0.0465. The van der Waals surface area contributed by atoms with Gasteiger partial charge in [0.05, 0.1) is 18.5 Å². The first-order valence-corrected chi connectivity index (χ1v) is 12.9. The molecule has 8 nitrogen and oxygen atoms in total. The second kappa shape index (κ2) is 11.4. The fourth-order valence-electron chi connectivity index (χ4n) is 5.21. The Kier molecular flexibility index (Phi) is 8.23. The minimum atomic E-state index is -1.02. The summed E-state index contributed by atoms with van der Waals surface area (Å²) in [6.45, 7) is 8.54. The van der Waals surface area contributed by atoms with Crippen molar-refractivity contribution < 1.29 is 9.90 Å². The molecule has 2 saturated heterocycles. The molecule has 0 radical (unpaired) electrons. The van der Waals surface area contributed by atoms with Gasteiger partial charge < -0.3 is 20.2 Å². The summed E-state index contributed by atoms with van der Waals surface area (Å²) in [7, 11) is 0. The van der Waals surface area contributed by atoms with Crippen molar-refractivity contribution in [2.45, 2.75) is 70.1 Å². The average molecular weight is 482 g/mol. The molecule has 1 aromatic heterocycles. The summed E-state index contributed by atoms with van der Waals surface area (Å²) in [5, 5.41) is 14.5. The first-order chi connectivity index (χ1) is 16.8. The highest BCUT2D eigenvalue weighted by molar-refractivity contribution is 5.77. The number of carbonyl (C=O) groups is 1. The average Bonchev–Trinajstić information content (AvgIpc) is 3.34. The van der Waals surface area contributed by atoms with E-state index in [4.69, 9.17) is 0 Å². The maximum Gasteiger partial charge on any atom is 0.255 e. The van der Waals surface area contributed by atoms with Gasteiger partial charge in [-0.25, -0.2) is 4.98 Å². The number of anilines is 1. The summed E-state index contributed by atoms with van der Waals surface area (Å²) in [6.07, 6.45) is 5.36. The van der Waals surface area contributed by atoms with E-state index in [1.54, 1.807) is 0 Å². The normalized spacial score (nSPS) is 19.9. The molecule has 0 unspecified atom stereocenters. The third-order valence-electron chi connectivity index (χ3n) is 7.37. The van der Waals surface area contributed by atoms with Crippen molar-refractivity contribution in [2.24, 2.45) is 0 Å². The van der Waals surface area contributed by atoms with E-state index < -0.39 is 5.60 Å². The van der Waals surface area contributed by atoms with Crippen LogP contribution < -0.4 is 10.9 Å². The summed E-state index contributed by atoms with van der Waals surface area (Å²) in [4.78, 5) is 34.2. The molecule has 2 atom stereocenters.